The number of nitrogens with one attached hydrogen (secondary N) is 1. The van der Waals surface area contributed by atoms with Crippen LogP contribution in [0.3, 0.4) is 0 Å². The third-order valence-corrected chi connectivity index (χ3v) is 6.43. The lowest BCUT2D eigenvalue weighted by atomic mass is 10.0. The minimum Gasteiger partial charge on any atom is -0.322 e. The smallest absolute Gasteiger partial charge is 0.255 e. The van der Waals surface area contributed by atoms with Crippen LogP contribution in [-0.2, 0) is 26.2 Å². The van der Waals surface area contributed by atoms with Gasteiger partial charge in [0.25, 0.3) is 5.91 Å². The molecule has 2 aliphatic heterocycles. The van der Waals surface area contributed by atoms with Crippen LogP contribution in [0.15, 0.2) is 23.1 Å². The molecule has 1 aromatic carbocycles. The lowest BCUT2D eigenvalue weighted by Gasteiger charge is -2.29. The number of benzene rings is 1. The van der Waals surface area contributed by atoms with Gasteiger partial charge in [0.15, 0.2) is 0 Å². The van der Waals surface area contributed by atoms with E-state index < -0.39 is 27.9 Å². The van der Waals surface area contributed by atoms with Crippen LogP contribution in [0.1, 0.15) is 28.8 Å². The van der Waals surface area contributed by atoms with E-state index >= 15 is 0 Å². The summed E-state index contributed by atoms with van der Waals surface area (Å²) in [5, 5.41) is 2.21. The van der Waals surface area contributed by atoms with Crippen LogP contribution in [0, 0.1) is 12.3 Å². The summed E-state index contributed by atoms with van der Waals surface area (Å²) in [6.45, 7) is -0.115. The normalized spacial score (nSPS) is 20.1. The maximum absolute atomic E-state index is 12.8. The number of fused-ring (bicyclic) bond motifs is 1. The van der Waals surface area contributed by atoms with Crippen LogP contribution in [0.2, 0.25) is 0 Å². The minimum absolute atomic E-state index is 0.00380. The van der Waals surface area contributed by atoms with Gasteiger partial charge in [0.1, 0.15) is 6.04 Å². The number of carbonyl (C=O) groups excluding carboxylic acids is 3. The van der Waals surface area contributed by atoms with Crippen molar-refractivity contribution in [2.45, 2.75) is 30.3 Å². The Labute approximate surface area is 151 Å². The molecule has 136 valence electrons. The summed E-state index contributed by atoms with van der Waals surface area (Å²) in [4.78, 5) is 37.4. The molecule has 1 fully saturated rings. The van der Waals surface area contributed by atoms with Crippen molar-refractivity contribution in [1.82, 2.24) is 14.5 Å². The maximum atomic E-state index is 12.8. The van der Waals surface area contributed by atoms with Gasteiger partial charge < -0.3 is 4.90 Å². The first-order valence-corrected chi connectivity index (χ1v) is 9.37. The Balaban J connectivity index is 1.97. The molecule has 3 amide bonds. The summed E-state index contributed by atoms with van der Waals surface area (Å²) in [7, 11) is -2.50. The highest BCUT2D eigenvalue weighted by Gasteiger charge is 2.41. The molecule has 1 aromatic rings. The molecule has 2 heterocycles. The zero-order valence-electron chi connectivity index (χ0n) is 14.1. The molecule has 0 spiro atoms. The molecular formula is C17H17N3O5S. The molecule has 0 bridgehead atoms. The number of amides is 3. The number of hydrogen-bond donors (Lipinski definition) is 1. The van der Waals surface area contributed by atoms with Crippen LogP contribution >= 0.6 is 0 Å². The Morgan fingerprint density at radius 3 is 2.73 bits per heavy atom. The van der Waals surface area contributed by atoms with Gasteiger partial charge in [-0.3, -0.25) is 19.7 Å². The second-order valence-corrected chi connectivity index (χ2v) is 8.16. The summed E-state index contributed by atoms with van der Waals surface area (Å²) < 4.78 is 26.5. The fraction of sp³-hybridized carbons (Fsp3) is 0.353. The Morgan fingerprint density at radius 2 is 2.08 bits per heavy atom. The molecule has 3 rings (SSSR count). The van der Waals surface area contributed by atoms with Gasteiger partial charge in [-0.1, -0.05) is 12.0 Å². The Morgan fingerprint density at radius 1 is 1.35 bits per heavy atom. The van der Waals surface area contributed by atoms with E-state index in [4.69, 9.17) is 6.42 Å². The molecule has 0 saturated carbocycles. The molecule has 9 heteroatoms. The molecule has 0 aliphatic carbocycles. The Hall–Kier alpha value is -2.70. The Kier molecular flexibility index (Phi) is 4.56. The standard InChI is InChI=1S/C17H17N3O5S/c1-3-9-19(2)26(24,25)14-6-4-5-11-12(14)10-20(17(11)23)13-7-8-15(21)18-16(13)22/h1,4-6,13H,7-10H2,2H3,(H,18,21,22). The van der Waals surface area contributed by atoms with Crippen molar-refractivity contribution in [3.05, 3.63) is 29.3 Å². The first-order valence-electron chi connectivity index (χ1n) is 7.93. The van der Waals surface area contributed by atoms with Crippen molar-refractivity contribution in [2.75, 3.05) is 13.6 Å². The number of hydrogen-bond acceptors (Lipinski definition) is 5. The molecule has 1 N–H and O–H groups in total. The zero-order valence-corrected chi connectivity index (χ0v) is 14.9. The fourth-order valence-electron chi connectivity index (χ4n) is 3.18. The van der Waals surface area contributed by atoms with Crippen LogP contribution in [0.5, 0.6) is 0 Å². The van der Waals surface area contributed by atoms with Gasteiger partial charge in [0.2, 0.25) is 21.8 Å². The van der Waals surface area contributed by atoms with E-state index in [2.05, 4.69) is 11.2 Å². The third kappa shape index (κ3) is 2.87. The van der Waals surface area contributed by atoms with Gasteiger partial charge in [-0.05, 0) is 18.6 Å². The first kappa shape index (κ1) is 18.1. The predicted octanol–water partition coefficient (Wildman–Crippen LogP) is -0.299. The van der Waals surface area contributed by atoms with Crippen molar-refractivity contribution in [1.29, 1.82) is 0 Å². The largest absolute Gasteiger partial charge is 0.322 e. The summed E-state index contributed by atoms with van der Waals surface area (Å²) in [6, 6.07) is 3.64. The number of terminal acetylenes is 1. The van der Waals surface area contributed by atoms with Gasteiger partial charge >= 0.3 is 0 Å². The number of nitrogens with zero attached hydrogens (tertiary/aromatic N) is 2. The van der Waals surface area contributed by atoms with Crippen molar-refractivity contribution >= 4 is 27.7 Å². The molecule has 0 radical (unpaired) electrons. The molecule has 8 nitrogen and oxygen atoms in total. The van der Waals surface area contributed by atoms with Crippen LogP contribution in [0.25, 0.3) is 0 Å². The number of piperidine rings is 1. The SMILES string of the molecule is C#CCN(C)S(=O)(=O)c1cccc2c1CN(C1CCC(=O)NC1=O)C2=O. The summed E-state index contributed by atoms with van der Waals surface area (Å²) in [5.74, 6) is 0.925. The summed E-state index contributed by atoms with van der Waals surface area (Å²) in [5.41, 5.74) is 0.580. The molecule has 2 aliphatic rings. The second kappa shape index (κ2) is 6.55. The zero-order chi connectivity index (χ0) is 19.1. The minimum atomic E-state index is -3.87. The van der Waals surface area contributed by atoms with E-state index in [9.17, 15) is 22.8 Å². The monoisotopic (exact) mass is 375 g/mol. The lowest BCUT2D eigenvalue weighted by molar-refractivity contribution is -0.136. The van der Waals surface area contributed by atoms with E-state index in [0.29, 0.717) is 5.56 Å². The average Bonchev–Trinajstić information content (AvgIpc) is 2.92. The lowest BCUT2D eigenvalue weighted by Crippen LogP contribution is -2.52. The molecular weight excluding hydrogens is 358 g/mol. The van der Waals surface area contributed by atoms with Gasteiger partial charge in [0.05, 0.1) is 11.4 Å². The van der Waals surface area contributed by atoms with Crippen LogP contribution in [0.4, 0.5) is 0 Å². The van der Waals surface area contributed by atoms with Crippen molar-refractivity contribution < 1.29 is 22.8 Å². The highest BCUT2D eigenvalue weighted by molar-refractivity contribution is 7.89. The summed E-state index contributed by atoms with van der Waals surface area (Å²) >= 11 is 0. The van der Waals surface area contributed by atoms with Crippen molar-refractivity contribution in [3.63, 3.8) is 0 Å². The number of imide groups is 1. The van der Waals surface area contributed by atoms with Crippen molar-refractivity contribution in [3.8, 4) is 12.3 Å². The Bertz CT molecular complexity index is 948. The molecule has 1 unspecified atom stereocenters. The number of sulfonamides is 1. The highest BCUT2D eigenvalue weighted by atomic mass is 32.2. The van der Waals surface area contributed by atoms with Crippen LogP contribution < -0.4 is 5.32 Å². The van der Waals surface area contributed by atoms with E-state index in [0.717, 1.165) is 4.31 Å². The maximum Gasteiger partial charge on any atom is 0.255 e. The van der Waals surface area contributed by atoms with E-state index in [1.54, 1.807) is 0 Å². The molecule has 1 atom stereocenters. The van der Waals surface area contributed by atoms with Gasteiger partial charge in [-0.25, -0.2) is 8.42 Å². The van der Waals surface area contributed by atoms with Gasteiger partial charge in [-0.2, -0.15) is 4.31 Å². The van der Waals surface area contributed by atoms with Gasteiger partial charge in [0, 0.05) is 31.1 Å². The molecule has 26 heavy (non-hydrogen) atoms. The third-order valence-electron chi connectivity index (χ3n) is 4.54. The quantitative estimate of drug-likeness (QED) is 0.575. The van der Waals surface area contributed by atoms with Crippen LogP contribution in [-0.4, -0.2) is 55.0 Å². The van der Waals surface area contributed by atoms with E-state index in [-0.39, 0.29) is 42.3 Å². The van der Waals surface area contributed by atoms with E-state index in [1.807, 2.05) is 0 Å². The fourth-order valence-corrected chi connectivity index (χ4v) is 4.50. The van der Waals surface area contributed by atoms with Gasteiger partial charge in [-0.15, -0.1) is 6.42 Å². The first-order chi connectivity index (χ1) is 12.3. The number of carbonyl (C=O) groups is 3. The topological polar surface area (TPSA) is 104 Å². The number of rotatable bonds is 4. The summed E-state index contributed by atoms with van der Waals surface area (Å²) in [6.07, 6.45) is 5.54. The second-order valence-electron chi connectivity index (χ2n) is 6.15. The van der Waals surface area contributed by atoms with Crippen molar-refractivity contribution in [2.24, 2.45) is 0 Å². The molecule has 0 aromatic heterocycles. The average molecular weight is 375 g/mol. The van der Waals surface area contributed by atoms with E-state index in [1.165, 1.54) is 30.1 Å². The highest BCUT2D eigenvalue weighted by Crippen LogP contribution is 2.32. The predicted molar refractivity (Wildman–Crippen MR) is 91.1 cm³/mol. The molecule has 1 saturated heterocycles.